The maximum Gasteiger partial charge on any atom is 0.322 e. The number of nitrogens with two attached hydrogens (primary N) is 2. The quantitative estimate of drug-likeness (QED) is 0.322. The Kier molecular flexibility index (Phi) is 8.76. The molecule has 0 heterocycles. The molecule has 0 rings (SSSR count). The molecule has 0 aliphatic rings. The van der Waals surface area contributed by atoms with Crippen LogP contribution in [-0.2, 0) is 19.2 Å². The molecule has 3 atom stereocenters. The predicted molar refractivity (Wildman–Crippen MR) is 78.4 cm³/mol. The molecular formula is C13H24N4O5. The normalized spacial score (nSPS) is 14.5. The number of hydrogen-bond acceptors (Lipinski definition) is 5. The number of carbonyl (C=O) groups is 4. The third kappa shape index (κ3) is 7.58. The molecule has 0 aromatic rings. The van der Waals surface area contributed by atoms with Gasteiger partial charge in [-0.2, -0.15) is 0 Å². The molecule has 0 fully saturated rings. The van der Waals surface area contributed by atoms with E-state index in [9.17, 15) is 19.2 Å². The molecule has 3 unspecified atom stereocenters. The van der Waals surface area contributed by atoms with Crippen LogP contribution in [0.25, 0.3) is 0 Å². The Morgan fingerprint density at radius 3 is 2.23 bits per heavy atom. The van der Waals surface area contributed by atoms with E-state index in [0.717, 1.165) is 0 Å². The molecule has 126 valence electrons. The van der Waals surface area contributed by atoms with E-state index < -0.39 is 42.3 Å². The number of amides is 3. The Morgan fingerprint density at radius 2 is 1.77 bits per heavy atom. The van der Waals surface area contributed by atoms with Crippen molar-refractivity contribution in [2.24, 2.45) is 17.4 Å². The fourth-order valence-electron chi connectivity index (χ4n) is 1.62. The van der Waals surface area contributed by atoms with Gasteiger partial charge in [-0.1, -0.05) is 20.3 Å². The highest BCUT2D eigenvalue weighted by Gasteiger charge is 2.26. The maximum atomic E-state index is 12.0. The SMILES string of the molecule is CCC(C)C(N)C(=O)NC(CCC(N)=O)C(=O)NCC(=O)O. The number of carbonyl (C=O) groups excluding carboxylic acids is 3. The van der Waals surface area contributed by atoms with E-state index in [1.807, 2.05) is 6.92 Å². The van der Waals surface area contributed by atoms with Gasteiger partial charge in [0.05, 0.1) is 6.04 Å². The van der Waals surface area contributed by atoms with E-state index in [-0.39, 0.29) is 18.8 Å². The largest absolute Gasteiger partial charge is 0.480 e. The summed E-state index contributed by atoms with van der Waals surface area (Å²) in [6, 6.07) is -1.86. The molecular weight excluding hydrogens is 292 g/mol. The number of carboxylic acid groups (broad SMARTS) is 1. The molecule has 7 N–H and O–H groups in total. The highest BCUT2D eigenvalue weighted by atomic mass is 16.4. The van der Waals surface area contributed by atoms with Gasteiger partial charge < -0.3 is 27.2 Å². The number of rotatable bonds is 10. The Labute approximate surface area is 128 Å². The lowest BCUT2D eigenvalue weighted by Gasteiger charge is -2.22. The first-order chi connectivity index (χ1) is 10.2. The Morgan fingerprint density at radius 1 is 1.18 bits per heavy atom. The highest BCUT2D eigenvalue weighted by Crippen LogP contribution is 2.06. The minimum absolute atomic E-state index is 0.0280. The van der Waals surface area contributed by atoms with Gasteiger partial charge in [-0.05, 0) is 12.3 Å². The average Bonchev–Trinajstić information content (AvgIpc) is 2.46. The van der Waals surface area contributed by atoms with Crippen molar-refractivity contribution in [2.75, 3.05) is 6.54 Å². The summed E-state index contributed by atoms with van der Waals surface area (Å²) in [5, 5.41) is 13.1. The van der Waals surface area contributed by atoms with Crippen LogP contribution in [0.5, 0.6) is 0 Å². The summed E-state index contributed by atoms with van der Waals surface area (Å²) in [5.74, 6) is -3.16. The molecule has 3 amide bonds. The number of aliphatic carboxylic acids is 1. The monoisotopic (exact) mass is 316 g/mol. The average molecular weight is 316 g/mol. The lowest BCUT2D eigenvalue weighted by Crippen LogP contribution is -2.53. The smallest absolute Gasteiger partial charge is 0.322 e. The van der Waals surface area contributed by atoms with Gasteiger partial charge >= 0.3 is 5.97 Å². The maximum absolute atomic E-state index is 12.0. The van der Waals surface area contributed by atoms with E-state index >= 15 is 0 Å². The first kappa shape index (κ1) is 19.8. The van der Waals surface area contributed by atoms with Crippen LogP contribution in [0.3, 0.4) is 0 Å². The fourth-order valence-corrected chi connectivity index (χ4v) is 1.62. The van der Waals surface area contributed by atoms with Crippen LogP contribution in [0.15, 0.2) is 0 Å². The fraction of sp³-hybridized carbons (Fsp3) is 0.692. The molecule has 0 aromatic heterocycles. The van der Waals surface area contributed by atoms with Gasteiger partial charge in [0.1, 0.15) is 12.6 Å². The molecule has 0 radical (unpaired) electrons. The molecule has 0 aliphatic carbocycles. The second-order valence-electron chi connectivity index (χ2n) is 5.09. The number of nitrogens with one attached hydrogen (secondary N) is 2. The van der Waals surface area contributed by atoms with Crippen molar-refractivity contribution in [3.8, 4) is 0 Å². The number of primary amides is 1. The summed E-state index contributed by atoms with van der Waals surface area (Å²) in [6.45, 7) is 3.09. The molecule has 0 bridgehead atoms. The molecule has 0 saturated heterocycles. The van der Waals surface area contributed by atoms with Gasteiger partial charge in [-0.15, -0.1) is 0 Å². The zero-order valence-electron chi connectivity index (χ0n) is 12.8. The van der Waals surface area contributed by atoms with Crippen LogP contribution < -0.4 is 22.1 Å². The third-order valence-corrected chi connectivity index (χ3v) is 3.29. The summed E-state index contributed by atoms with van der Waals surface area (Å²) < 4.78 is 0. The standard InChI is InChI=1S/C13H24N4O5/c1-3-7(2)11(15)13(22)17-8(4-5-9(14)18)12(21)16-6-10(19)20/h7-8,11H,3-6,15H2,1-2H3,(H2,14,18)(H,16,21)(H,17,22)(H,19,20). The minimum Gasteiger partial charge on any atom is -0.480 e. The van der Waals surface area contributed by atoms with E-state index in [1.165, 1.54) is 0 Å². The number of carboxylic acids is 1. The van der Waals surface area contributed by atoms with Crippen LogP contribution in [0.4, 0.5) is 0 Å². The van der Waals surface area contributed by atoms with Crippen molar-refractivity contribution in [1.29, 1.82) is 0 Å². The van der Waals surface area contributed by atoms with Gasteiger partial charge in [-0.3, -0.25) is 19.2 Å². The highest BCUT2D eigenvalue weighted by molar-refractivity contribution is 5.91. The van der Waals surface area contributed by atoms with Gasteiger partial charge in [0.2, 0.25) is 17.7 Å². The van der Waals surface area contributed by atoms with Crippen LogP contribution >= 0.6 is 0 Å². The first-order valence-electron chi connectivity index (χ1n) is 7.02. The minimum atomic E-state index is -1.22. The van der Waals surface area contributed by atoms with Gasteiger partial charge in [0, 0.05) is 6.42 Å². The summed E-state index contributed by atoms with van der Waals surface area (Å²) in [6.07, 6.45) is 0.537. The van der Waals surface area contributed by atoms with Crippen LogP contribution in [0.1, 0.15) is 33.1 Å². The summed E-state index contributed by atoms with van der Waals surface area (Å²) >= 11 is 0. The second-order valence-corrected chi connectivity index (χ2v) is 5.09. The van der Waals surface area contributed by atoms with Crippen molar-refractivity contribution < 1.29 is 24.3 Å². The van der Waals surface area contributed by atoms with E-state index in [4.69, 9.17) is 16.6 Å². The lowest BCUT2D eigenvalue weighted by molar-refractivity contribution is -0.138. The Hall–Kier alpha value is -2.16. The second kappa shape index (κ2) is 9.72. The molecule has 9 nitrogen and oxygen atoms in total. The third-order valence-electron chi connectivity index (χ3n) is 3.29. The van der Waals surface area contributed by atoms with E-state index in [2.05, 4.69) is 10.6 Å². The lowest BCUT2D eigenvalue weighted by atomic mass is 9.98. The first-order valence-corrected chi connectivity index (χ1v) is 7.02. The molecule has 0 spiro atoms. The van der Waals surface area contributed by atoms with Crippen LogP contribution in [0, 0.1) is 5.92 Å². The van der Waals surface area contributed by atoms with Gasteiger partial charge in [0.15, 0.2) is 0 Å². The van der Waals surface area contributed by atoms with Gasteiger partial charge in [0.25, 0.3) is 0 Å². The zero-order chi connectivity index (χ0) is 17.3. The van der Waals surface area contributed by atoms with Crippen molar-refractivity contribution >= 4 is 23.7 Å². The summed E-state index contributed by atoms with van der Waals surface area (Å²) in [4.78, 5) is 45.1. The summed E-state index contributed by atoms with van der Waals surface area (Å²) in [5.41, 5.74) is 10.8. The van der Waals surface area contributed by atoms with E-state index in [0.29, 0.717) is 6.42 Å². The Balaban J connectivity index is 4.77. The molecule has 22 heavy (non-hydrogen) atoms. The van der Waals surface area contributed by atoms with Crippen molar-refractivity contribution in [1.82, 2.24) is 10.6 Å². The van der Waals surface area contributed by atoms with Crippen molar-refractivity contribution in [2.45, 2.75) is 45.2 Å². The molecule has 0 aliphatic heterocycles. The molecule has 0 aromatic carbocycles. The molecule has 9 heteroatoms. The predicted octanol–water partition coefficient (Wildman–Crippen LogP) is -1.69. The zero-order valence-corrected chi connectivity index (χ0v) is 12.8. The Bertz CT molecular complexity index is 427. The van der Waals surface area contributed by atoms with Crippen LogP contribution in [-0.4, -0.2) is 47.4 Å². The summed E-state index contributed by atoms with van der Waals surface area (Å²) in [7, 11) is 0. The van der Waals surface area contributed by atoms with Gasteiger partial charge in [-0.25, -0.2) is 0 Å². The number of hydrogen-bond donors (Lipinski definition) is 5. The van der Waals surface area contributed by atoms with Crippen molar-refractivity contribution in [3.05, 3.63) is 0 Å². The molecule has 0 saturated carbocycles. The van der Waals surface area contributed by atoms with E-state index in [1.54, 1.807) is 6.92 Å². The van der Waals surface area contributed by atoms with Crippen molar-refractivity contribution in [3.63, 3.8) is 0 Å². The topological polar surface area (TPSA) is 165 Å². The van der Waals surface area contributed by atoms with Crippen LogP contribution in [0.2, 0.25) is 0 Å².